The summed E-state index contributed by atoms with van der Waals surface area (Å²) >= 11 is 2.01. The van der Waals surface area contributed by atoms with Gasteiger partial charge in [-0.1, -0.05) is 45.1 Å². The van der Waals surface area contributed by atoms with Crippen LogP contribution in [0.15, 0.2) is 34.2 Å². The lowest BCUT2D eigenvalue weighted by Gasteiger charge is -2.16. The maximum Gasteiger partial charge on any atom is 0.114 e. The van der Waals surface area contributed by atoms with E-state index in [9.17, 15) is 0 Å². The van der Waals surface area contributed by atoms with Gasteiger partial charge in [-0.3, -0.25) is 4.99 Å². The van der Waals surface area contributed by atoms with E-state index in [-0.39, 0.29) is 0 Å². The van der Waals surface area contributed by atoms with Crippen LogP contribution in [-0.2, 0) is 0 Å². The minimum Gasteiger partial charge on any atom is -0.260 e. The van der Waals surface area contributed by atoms with E-state index in [0.29, 0.717) is 0 Å². The molecule has 0 aliphatic rings. The quantitative estimate of drug-likeness (QED) is 0.523. The van der Waals surface area contributed by atoms with Crippen LogP contribution in [0.5, 0.6) is 0 Å². The molecule has 0 radical (unpaired) electrons. The Morgan fingerprint density at radius 3 is 2.56 bits per heavy atom. The third-order valence-corrected chi connectivity index (χ3v) is 5.60. The van der Waals surface area contributed by atoms with E-state index in [1.54, 1.807) is 0 Å². The SMILES string of the molecule is CCC/C=N\c1ccccc1S[Si](C)(C)C. The minimum absolute atomic E-state index is 1.06. The summed E-state index contributed by atoms with van der Waals surface area (Å²) in [6.45, 7) is 9.27. The van der Waals surface area contributed by atoms with Gasteiger partial charge in [0, 0.05) is 11.1 Å². The molecule has 0 fully saturated rings. The van der Waals surface area contributed by atoms with Crippen LogP contribution in [0.4, 0.5) is 5.69 Å². The summed E-state index contributed by atoms with van der Waals surface area (Å²) in [7, 11) is -1.13. The molecule has 1 aromatic carbocycles. The third kappa shape index (κ3) is 4.99. The number of para-hydroxylation sites is 1. The Hall–Kier alpha value is -0.543. The highest BCUT2D eigenvalue weighted by atomic mass is 32.4. The molecule has 0 unspecified atom stereocenters. The topological polar surface area (TPSA) is 12.4 Å². The van der Waals surface area contributed by atoms with Gasteiger partial charge in [-0.15, -0.1) is 11.2 Å². The average Bonchev–Trinajstić information content (AvgIpc) is 2.19. The molecule has 0 N–H and O–H groups in total. The van der Waals surface area contributed by atoms with E-state index in [4.69, 9.17) is 0 Å². The van der Waals surface area contributed by atoms with Crippen molar-refractivity contribution in [2.24, 2.45) is 4.99 Å². The van der Waals surface area contributed by atoms with E-state index in [2.05, 4.69) is 55.8 Å². The van der Waals surface area contributed by atoms with Gasteiger partial charge in [-0.25, -0.2) is 0 Å². The standard InChI is InChI=1S/C13H21NSSi/c1-5-6-11-14-12-9-7-8-10-13(12)15-16(2,3)4/h7-11H,5-6H2,1-4H3/b14-11-. The predicted octanol–water partition coefficient (Wildman–Crippen LogP) is 5.12. The van der Waals surface area contributed by atoms with Crippen molar-refractivity contribution in [1.29, 1.82) is 0 Å². The van der Waals surface area contributed by atoms with Gasteiger partial charge >= 0.3 is 0 Å². The van der Waals surface area contributed by atoms with Gasteiger partial charge in [-0.05, 0) is 18.6 Å². The molecule has 1 aromatic rings. The summed E-state index contributed by atoms with van der Waals surface area (Å²) in [4.78, 5) is 5.88. The van der Waals surface area contributed by atoms with Gasteiger partial charge in [0.05, 0.1) is 5.69 Å². The summed E-state index contributed by atoms with van der Waals surface area (Å²) < 4.78 is 0. The lowest BCUT2D eigenvalue weighted by Crippen LogP contribution is -2.13. The van der Waals surface area contributed by atoms with Crippen LogP contribution < -0.4 is 0 Å². The number of unbranched alkanes of at least 4 members (excludes halogenated alkanes) is 1. The van der Waals surface area contributed by atoms with Crippen LogP contribution in [0.2, 0.25) is 19.6 Å². The molecule has 88 valence electrons. The average molecular weight is 251 g/mol. The van der Waals surface area contributed by atoms with Gasteiger partial charge < -0.3 is 0 Å². The zero-order valence-electron chi connectivity index (χ0n) is 10.7. The Kier molecular flexibility index (Phi) is 5.29. The highest BCUT2D eigenvalue weighted by Gasteiger charge is 2.16. The summed E-state index contributed by atoms with van der Waals surface area (Å²) in [5.41, 5.74) is 1.13. The van der Waals surface area contributed by atoms with Gasteiger partial charge in [0.1, 0.15) is 7.22 Å². The fourth-order valence-corrected chi connectivity index (χ4v) is 4.80. The number of rotatable bonds is 5. The lowest BCUT2D eigenvalue weighted by molar-refractivity contribution is 1.01. The molecular formula is C13H21NSSi. The molecule has 0 atom stereocenters. The Bertz CT molecular complexity index is 355. The van der Waals surface area contributed by atoms with Crippen LogP contribution in [0.1, 0.15) is 19.8 Å². The second kappa shape index (κ2) is 6.26. The van der Waals surface area contributed by atoms with Crippen molar-refractivity contribution in [1.82, 2.24) is 0 Å². The van der Waals surface area contributed by atoms with Crippen molar-refractivity contribution in [3.63, 3.8) is 0 Å². The second-order valence-electron chi connectivity index (χ2n) is 4.78. The third-order valence-electron chi connectivity index (χ3n) is 1.93. The number of benzene rings is 1. The molecule has 1 rings (SSSR count). The van der Waals surface area contributed by atoms with Crippen molar-refractivity contribution in [3.8, 4) is 0 Å². The van der Waals surface area contributed by atoms with Gasteiger partial charge in [0.15, 0.2) is 0 Å². The molecule has 0 saturated heterocycles. The Labute approximate surface area is 104 Å². The molecule has 0 spiro atoms. The first kappa shape index (κ1) is 13.5. The maximum absolute atomic E-state index is 4.56. The Morgan fingerprint density at radius 2 is 1.94 bits per heavy atom. The van der Waals surface area contributed by atoms with Crippen LogP contribution in [-0.4, -0.2) is 13.4 Å². The first-order chi connectivity index (χ1) is 7.53. The number of aliphatic imine (C=N–C) groups is 1. The first-order valence-electron chi connectivity index (χ1n) is 5.83. The van der Waals surface area contributed by atoms with Crippen molar-refractivity contribution < 1.29 is 0 Å². The van der Waals surface area contributed by atoms with E-state index >= 15 is 0 Å². The van der Waals surface area contributed by atoms with Crippen LogP contribution in [0, 0.1) is 0 Å². The highest BCUT2D eigenvalue weighted by molar-refractivity contribution is 8.28. The molecular weight excluding hydrogens is 230 g/mol. The molecule has 0 aliphatic carbocycles. The summed E-state index contributed by atoms with van der Waals surface area (Å²) in [6, 6.07) is 8.45. The number of hydrogen-bond donors (Lipinski definition) is 0. The molecule has 0 amide bonds. The van der Waals surface area contributed by atoms with Crippen LogP contribution in [0.3, 0.4) is 0 Å². The molecule has 3 heteroatoms. The largest absolute Gasteiger partial charge is 0.260 e. The molecule has 16 heavy (non-hydrogen) atoms. The van der Waals surface area contributed by atoms with E-state index < -0.39 is 7.22 Å². The molecule has 0 saturated carbocycles. The monoisotopic (exact) mass is 251 g/mol. The normalized spacial score (nSPS) is 12.2. The maximum atomic E-state index is 4.56. The zero-order valence-corrected chi connectivity index (χ0v) is 12.5. The number of nitrogens with zero attached hydrogens (tertiary/aromatic N) is 1. The second-order valence-corrected chi connectivity index (χ2v) is 13.9. The molecule has 0 heterocycles. The predicted molar refractivity (Wildman–Crippen MR) is 78.7 cm³/mol. The van der Waals surface area contributed by atoms with E-state index in [0.717, 1.165) is 18.5 Å². The van der Waals surface area contributed by atoms with Gasteiger partial charge in [0.25, 0.3) is 0 Å². The lowest BCUT2D eigenvalue weighted by atomic mass is 10.3. The molecule has 0 bridgehead atoms. The van der Waals surface area contributed by atoms with Gasteiger partial charge in [0.2, 0.25) is 0 Å². The van der Waals surface area contributed by atoms with Crippen LogP contribution in [0.25, 0.3) is 0 Å². The van der Waals surface area contributed by atoms with Crippen molar-refractivity contribution in [2.45, 2.75) is 44.3 Å². The fraction of sp³-hybridized carbons (Fsp3) is 0.462. The summed E-state index contributed by atoms with van der Waals surface area (Å²) in [5.74, 6) is 0. The highest BCUT2D eigenvalue weighted by Crippen LogP contribution is 2.35. The zero-order chi connectivity index (χ0) is 12.0. The summed E-state index contributed by atoms with van der Waals surface area (Å²) in [6.07, 6.45) is 4.25. The van der Waals surface area contributed by atoms with Crippen LogP contribution >= 0.6 is 11.2 Å². The minimum atomic E-state index is -1.13. The van der Waals surface area contributed by atoms with E-state index in [1.807, 2.05) is 17.4 Å². The Morgan fingerprint density at radius 1 is 1.25 bits per heavy atom. The van der Waals surface area contributed by atoms with E-state index in [1.165, 1.54) is 4.90 Å². The van der Waals surface area contributed by atoms with Crippen molar-refractivity contribution >= 4 is 30.3 Å². The smallest absolute Gasteiger partial charge is 0.114 e. The fourth-order valence-electron chi connectivity index (χ4n) is 1.27. The van der Waals surface area contributed by atoms with Crippen molar-refractivity contribution in [2.75, 3.05) is 0 Å². The molecule has 1 nitrogen and oxygen atoms in total. The van der Waals surface area contributed by atoms with Crippen molar-refractivity contribution in [3.05, 3.63) is 24.3 Å². The molecule has 0 aromatic heterocycles. The Balaban J connectivity index is 2.83. The van der Waals surface area contributed by atoms with Gasteiger partial charge in [-0.2, -0.15) is 0 Å². The summed E-state index contributed by atoms with van der Waals surface area (Å²) in [5, 5.41) is 0. The number of hydrogen-bond acceptors (Lipinski definition) is 2. The molecule has 0 aliphatic heterocycles. The first-order valence-corrected chi connectivity index (χ1v) is 10.9.